The van der Waals surface area contributed by atoms with Gasteiger partial charge in [-0.1, -0.05) is 96.6 Å². The summed E-state index contributed by atoms with van der Waals surface area (Å²) in [6, 6.07) is 0. The molecular formula is C26H55NO3P+. The monoisotopic (exact) mass is 460 g/mol. The third-order valence-electron chi connectivity index (χ3n) is 6.07. The predicted molar refractivity (Wildman–Crippen MR) is 137 cm³/mol. The lowest BCUT2D eigenvalue weighted by Crippen LogP contribution is -2.44. The number of quaternary nitrogens is 1. The van der Waals surface area contributed by atoms with Gasteiger partial charge in [0.05, 0.1) is 27.7 Å². The SMILES string of the molecule is CCCCCCCCCCCCC/C=C\CCCCCOP(=O)(O)C(CC)[N+](C)(C)C. The second kappa shape index (κ2) is 19.3. The molecule has 0 saturated carbocycles. The maximum Gasteiger partial charge on any atom is 0.385 e. The van der Waals surface area contributed by atoms with E-state index < -0.39 is 7.60 Å². The molecule has 0 saturated heterocycles. The quantitative estimate of drug-likeness (QED) is 0.0763. The molecule has 0 aromatic rings. The van der Waals surface area contributed by atoms with Crippen molar-refractivity contribution in [3.05, 3.63) is 12.2 Å². The minimum atomic E-state index is -3.56. The van der Waals surface area contributed by atoms with Crippen LogP contribution in [0.5, 0.6) is 0 Å². The zero-order chi connectivity index (χ0) is 23.4. The van der Waals surface area contributed by atoms with E-state index in [0.717, 1.165) is 25.7 Å². The fourth-order valence-corrected chi connectivity index (χ4v) is 6.10. The minimum absolute atomic E-state index is 0.356. The third-order valence-corrected chi connectivity index (χ3v) is 8.43. The molecule has 4 nitrogen and oxygen atoms in total. The van der Waals surface area contributed by atoms with Crippen LogP contribution in [0.3, 0.4) is 0 Å². The highest BCUT2D eigenvalue weighted by Crippen LogP contribution is 2.51. The highest BCUT2D eigenvalue weighted by atomic mass is 31.2. The second-order valence-corrected chi connectivity index (χ2v) is 12.0. The Kier molecular flexibility index (Phi) is 19.2. The second-order valence-electron chi connectivity index (χ2n) is 10.0. The molecule has 0 amide bonds. The van der Waals surface area contributed by atoms with Crippen LogP contribution in [0.15, 0.2) is 12.2 Å². The molecule has 0 aliphatic heterocycles. The number of hydrogen-bond acceptors (Lipinski definition) is 2. The van der Waals surface area contributed by atoms with Crippen LogP contribution < -0.4 is 0 Å². The van der Waals surface area contributed by atoms with Crippen molar-refractivity contribution >= 4 is 7.60 Å². The van der Waals surface area contributed by atoms with Crippen molar-refractivity contribution in [1.29, 1.82) is 0 Å². The van der Waals surface area contributed by atoms with E-state index in [0.29, 0.717) is 17.5 Å². The summed E-state index contributed by atoms with van der Waals surface area (Å²) in [7, 11) is 2.28. The number of hydrogen-bond donors (Lipinski definition) is 1. The van der Waals surface area contributed by atoms with Gasteiger partial charge in [0.2, 0.25) is 0 Å². The van der Waals surface area contributed by atoms with Gasteiger partial charge in [0.25, 0.3) is 0 Å². The van der Waals surface area contributed by atoms with Crippen molar-refractivity contribution in [3.63, 3.8) is 0 Å². The maximum absolute atomic E-state index is 12.5. The topological polar surface area (TPSA) is 46.5 Å². The van der Waals surface area contributed by atoms with E-state index in [2.05, 4.69) is 19.1 Å². The molecule has 0 fully saturated rings. The summed E-state index contributed by atoms with van der Waals surface area (Å²) in [5, 5.41) is 0. The third kappa shape index (κ3) is 18.0. The summed E-state index contributed by atoms with van der Waals surface area (Å²) in [5.41, 5.74) is 0. The summed E-state index contributed by atoms with van der Waals surface area (Å²) in [6.45, 7) is 4.61. The van der Waals surface area contributed by atoms with Crippen LogP contribution in [0.2, 0.25) is 0 Å². The molecule has 0 spiro atoms. The van der Waals surface area contributed by atoms with Crippen molar-refractivity contribution in [2.24, 2.45) is 0 Å². The average molecular weight is 461 g/mol. The average Bonchev–Trinajstić information content (AvgIpc) is 2.68. The van der Waals surface area contributed by atoms with E-state index in [1.165, 1.54) is 77.0 Å². The van der Waals surface area contributed by atoms with Gasteiger partial charge in [0.15, 0.2) is 5.78 Å². The molecule has 0 aromatic carbocycles. The van der Waals surface area contributed by atoms with Crippen LogP contribution in [0.4, 0.5) is 0 Å². The van der Waals surface area contributed by atoms with Crippen molar-refractivity contribution < 1.29 is 18.5 Å². The van der Waals surface area contributed by atoms with E-state index in [9.17, 15) is 9.46 Å². The zero-order valence-corrected chi connectivity index (χ0v) is 22.5. The van der Waals surface area contributed by atoms with E-state index in [4.69, 9.17) is 4.52 Å². The first kappa shape index (κ1) is 30.9. The molecular weight excluding hydrogens is 405 g/mol. The lowest BCUT2D eigenvalue weighted by molar-refractivity contribution is -0.883. The Hall–Kier alpha value is -0.150. The summed E-state index contributed by atoms with van der Waals surface area (Å²) < 4.78 is 18.3. The van der Waals surface area contributed by atoms with Crippen LogP contribution in [0.1, 0.15) is 123 Å². The van der Waals surface area contributed by atoms with E-state index in [1.807, 2.05) is 28.1 Å². The maximum atomic E-state index is 12.5. The first-order chi connectivity index (χ1) is 14.8. The van der Waals surface area contributed by atoms with Crippen molar-refractivity contribution in [3.8, 4) is 0 Å². The molecule has 0 bridgehead atoms. The Morgan fingerprint density at radius 1 is 0.742 bits per heavy atom. The first-order valence-electron chi connectivity index (χ1n) is 13.2. The Morgan fingerprint density at radius 3 is 1.58 bits per heavy atom. The molecule has 31 heavy (non-hydrogen) atoms. The van der Waals surface area contributed by atoms with Gasteiger partial charge >= 0.3 is 7.60 Å². The number of nitrogens with zero attached hydrogens (tertiary/aromatic N) is 1. The summed E-state index contributed by atoms with van der Waals surface area (Å²) in [4.78, 5) is 10.3. The van der Waals surface area contributed by atoms with Gasteiger partial charge in [-0.2, -0.15) is 0 Å². The molecule has 0 aliphatic carbocycles. The lowest BCUT2D eigenvalue weighted by atomic mass is 10.1. The summed E-state index contributed by atoms with van der Waals surface area (Å²) >= 11 is 0. The number of allylic oxidation sites excluding steroid dienone is 2. The first-order valence-corrected chi connectivity index (χ1v) is 14.8. The molecule has 5 heteroatoms. The van der Waals surface area contributed by atoms with Gasteiger partial charge in [-0.3, -0.25) is 4.57 Å². The van der Waals surface area contributed by atoms with Gasteiger partial charge in [0, 0.05) is 6.42 Å². The fraction of sp³-hybridized carbons (Fsp3) is 0.923. The van der Waals surface area contributed by atoms with E-state index in [-0.39, 0.29) is 5.78 Å². The smallest absolute Gasteiger partial charge is 0.320 e. The summed E-state index contributed by atoms with van der Waals surface area (Å²) in [5.74, 6) is -0.356. The molecule has 0 rings (SSSR count). The van der Waals surface area contributed by atoms with Crippen LogP contribution in [0, 0.1) is 0 Å². The van der Waals surface area contributed by atoms with Crippen LogP contribution in [-0.4, -0.2) is 42.9 Å². The van der Waals surface area contributed by atoms with E-state index in [1.54, 1.807) is 0 Å². The molecule has 2 unspecified atom stereocenters. The molecule has 0 heterocycles. The molecule has 0 aliphatic rings. The molecule has 1 N–H and O–H groups in total. The van der Waals surface area contributed by atoms with E-state index >= 15 is 0 Å². The number of unbranched alkanes of at least 4 members (excludes halogenated alkanes) is 14. The Labute approximate surface area is 195 Å². The molecule has 186 valence electrons. The van der Waals surface area contributed by atoms with Crippen LogP contribution in [0.25, 0.3) is 0 Å². The van der Waals surface area contributed by atoms with Crippen LogP contribution in [-0.2, 0) is 9.09 Å². The fourth-order valence-electron chi connectivity index (χ4n) is 4.20. The van der Waals surface area contributed by atoms with Gasteiger partial charge in [-0.25, -0.2) is 0 Å². The predicted octanol–water partition coefficient (Wildman–Crippen LogP) is 8.45. The largest absolute Gasteiger partial charge is 0.385 e. The summed E-state index contributed by atoms with van der Waals surface area (Å²) in [6.07, 6.45) is 26.0. The highest BCUT2D eigenvalue weighted by Gasteiger charge is 2.41. The zero-order valence-electron chi connectivity index (χ0n) is 21.6. The van der Waals surface area contributed by atoms with Gasteiger partial charge in [0.1, 0.15) is 0 Å². The Bertz CT molecular complexity index is 474. The standard InChI is InChI=1S/C26H54NO3P/c1-6-8-9-10-11-12-13-14-15-16-17-18-19-20-21-22-23-24-25-30-31(28,29)26(7-2)27(3,4)5/h19-20,26H,6-18,21-25H2,1-5H3/p+1/b20-19-. The van der Waals surface area contributed by atoms with Gasteiger partial charge < -0.3 is 13.9 Å². The van der Waals surface area contributed by atoms with Crippen molar-refractivity contribution in [2.45, 2.75) is 129 Å². The minimum Gasteiger partial charge on any atom is -0.320 e. The van der Waals surface area contributed by atoms with Gasteiger partial charge in [-0.05, 0) is 32.1 Å². The molecule has 2 atom stereocenters. The van der Waals surface area contributed by atoms with Crippen molar-refractivity contribution in [1.82, 2.24) is 0 Å². The Balaban J connectivity index is 3.50. The normalized spacial score (nSPS) is 15.4. The van der Waals surface area contributed by atoms with Crippen molar-refractivity contribution in [2.75, 3.05) is 27.7 Å². The highest BCUT2D eigenvalue weighted by molar-refractivity contribution is 7.53. The van der Waals surface area contributed by atoms with Gasteiger partial charge in [-0.15, -0.1) is 0 Å². The lowest BCUT2D eigenvalue weighted by Gasteiger charge is -2.35. The Morgan fingerprint density at radius 2 is 1.16 bits per heavy atom. The number of rotatable bonds is 22. The molecule has 0 aromatic heterocycles. The molecule has 0 radical (unpaired) electrons. The van der Waals surface area contributed by atoms with Crippen LogP contribution >= 0.6 is 7.60 Å².